The van der Waals surface area contributed by atoms with Crippen molar-refractivity contribution in [2.75, 3.05) is 13.7 Å². The molecule has 3 rings (SSSR count). The monoisotopic (exact) mass is 446 g/mol. The predicted octanol–water partition coefficient (Wildman–Crippen LogP) is 4.79. The van der Waals surface area contributed by atoms with E-state index in [1.165, 1.54) is 0 Å². The molecule has 0 fully saturated rings. The first-order valence-corrected chi connectivity index (χ1v) is 9.21. The first-order chi connectivity index (χ1) is 13.1. The molecule has 27 heavy (non-hydrogen) atoms. The second-order valence-corrected chi connectivity index (χ2v) is 6.85. The number of methoxy groups -OCH3 is 1. The van der Waals surface area contributed by atoms with Gasteiger partial charge in [-0.3, -0.25) is 4.79 Å². The Bertz CT molecular complexity index is 1010. The van der Waals surface area contributed by atoms with Crippen molar-refractivity contribution in [2.24, 2.45) is 5.10 Å². The number of ether oxygens (including phenoxy) is 2. The van der Waals surface area contributed by atoms with Crippen molar-refractivity contribution in [3.05, 3.63) is 69.7 Å². The summed E-state index contributed by atoms with van der Waals surface area (Å²) >= 11 is 9.21. The van der Waals surface area contributed by atoms with Gasteiger partial charge in [0, 0.05) is 16.0 Å². The van der Waals surface area contributed by atoms with Crippen molar-refractivity contribution in [2.45, 2.75) is 0 Å². The van der Waals surface area contributed by atoms with Crippen LogP contribution in [0.2, 0.25) is 5.02 Å². The lowest BCUT2D eigenvalue weighted by Crippen LogP contribution is -2.24. The van der Waals surface area contributed by atoms with Gasteiger partial charge in [-0.2, -0.15) is 5.10 Å². The van der Waals surface area contributed by atoms with Crippen LogP contribution in [0, 0.1) is 0 Å². The van der Waals surface area contributed by atoms with Gasteiger partial charge in [-0.25, -0.2) is 5.43 Å². The molecule has 0 spiro atoms. The number of fused-ring (bicyclic) bond motifs is 1. The number of halogens is 2. The topological polar surface area (TPSA) is 59.9 Å². The number of benzene rings is 3. The third-order valence-electron chi connectivity index (χ3n) is 3.78. The van der Waals surface area contributed by atoms with Crippen LogP contribution < -0.4 is 14.9 Å². The van der Waals surface area contributed by atoms with E-state index >= 15 is 0 Å². The molecular formula is C20H16BrClN2O3. The Morgan fingerprint density at radius 2 is 1.89 bits per heavy atom. The van der Waals surface area contributed by atoms with Crippen LogP contribution in [0.5, 0.6) is 11.5 Å². The molecular weight excluding hydrogens is 432 g/mol. The van der Waals surface area contributed by atoms with Crippen molar-refractivity contribution in [3.63, 3.8) is 0 Å². The van der Waals surface area contributed by atoms with Gasteiger partial charge in [0.15, 0.2) is 6.61 Å². The first-order valence-electron chi connectivity index (χ1n) is 8.04. The van der Waals surface area contributed by atoms with Crippen molar-refractivity contribution in [1.82, 2.24) is 5.43 Å². The first kappa shape index (κ1) is 19.2. The highest BCUT2D eigenvalue weighted by molar-refractivity contribution is 9.10. The zero-order valence-corrected chi connectivity index (χ0v) is 16.8. The Morgan fingerprint density at radius 1 is 1.15 bits per heavy atom. The molecule has 138 valence electrons. The number of carbonyl (C=O) groups is 1. The maximum absolute atomic E-state index is 11.9. The largest absolute Gasteiger partial charge is 0.496 e. The standard InChI is InChI=1S/C20H16BrClN2O3/c1-26-18-8-6-13(15-4-2-3-5-16(15)18)11-23-24-20(25)12-27-19-9-7-14(22)10-17(19)21/h2-11H,12H2,1H3,(H,24,25). The second kappa shape index (κ2) is 8.88. The summed E-state index contributed by atoms with van der Waals surface area (Å²) in [6, 6.07) is 16.7. The van der Waals surface area contributed by atoms with E-state index in [1.54, 1.807) is 31.5 Å². The van der Waals surface area contributed by atoms with Crippen LogP contribution in [0.4, 0.5) is 0 Å². The summed E-state index contributed by atoms with van der Waals surface area (Å²) in [7, 11) is 1.63. The van der Waals surface area contributed by atoms with E-state index in [0.717, 1.165) is 22.1 Å². The molecule has 0 bridgehead atoms. The van der Waals surface area contributed by atoms with Crippen LogP contribution in [-0.2, 0) is 4.79 Å². The van der Waals surface area contributed by atoms with E-state index < -0.39 is 0 Å². The number of rotatable bonds is 6. The number of nitrogens with zero attached hydrogens (tertiary/aromatic N) is 1. The number of nitrogens with one attached hydrogen (secondary N) is 1. The van der Waals surface area contributed by atoms with Gasteiger partial charge in [0.1, 0.15) is 11.5 Å². The maximum atomic E-state index is 11.9. The van der Waals surface area contributed by atoms with Gasteiger partial charge in [0.05, 0.1) is 17.8 Å². The van der Waals surface area contributed by atoms with Crippen molar-refractivity contribution in [1.29, 1.82) is 0 Å². The quantitative estimate of drug-likeness (QED) is 0.436. The lowest BCUT2D eigenvalue weighted by atomic mass is 10.0. The SMILES string of the molecule is COc1ccc(C=NNC(=O)COc2ccc(Cl)cc2Br)c2ccccc12. The van der Waals surface area contributed by atoms with Gasteiger partial charge in [0.25, 0.3) is 5.91 Å². The van der Waals surface area contributed by atoms with Gasteiger partial charge in [-0.05, 0) is 51.6 Å². The summed E-state index contributed by atoms with van der Waals surface area (Å²) in [5, 5.41) is 6.56. The normalized spacial score (nSPS) is 10.9. The van der Waals surface area contributed by atoms with E-state index in [0.29, 0.717) is 15.2 Å². The molecule has 3 aromatic rings. The molecule has 0 aliphatic rings. The molecule has 0 unspecified atom stereocenters. The summed E-state index contributed by atoms with van der Waals surface area (Å²) < 4.78 is 11.5. The summed E-state index contributed by atoms with van der Waals surface area (Å²) in [6.45, 7) is -0.166. The average Bonchev–Trinajstić information content (AvgIpc) is 2.67. The molecule has 7 heteroatoms. The number of hydrogen-bond donors (Lipinski definition) is 1. The third-order valence-corrected chi connectivity index (χ3v) is 4.64. The lowest BCUT2D eigenvalue weighted by molar-refractivity contribution is -0.123. The number of carbonyl (C=O) groups excluding carboxylic acids is 1. The van der Waals surface area contributed by atoms with Crippen LogP contribution in [0.25, 0.3) is 10.8 Å². The zero-order valence-electron chi connectivity index (χ0n) is 14.4. The fraction of sp³-hybridized carbons (Fsp3) is 0.100. The van der Waals surface area contributed by atoms with Crippen molar-refractivity contribution < 1.29 is 14.3 Å². The molecule has 0 aliphatic carbocycles. The third kappa shape index (κ3) is 4.78. The number of hydrazone groups is 1. The van der Waals surface area contributed by atoms with E-state index in [2.05, 4.69) is 26.5 Å². The molecule has 0 saturated carbocycles. The van der Waals surface area contributed by atoms with Crippen LogP contribution in [0.3, 0.4) is 0 Å². The molecule has 0 saturated heterocycles. The summed E-state index contributed by atoms with van der Waals surface area (Å²) in [6.07, 6.45) is 1.60. The molecule has 3 aromatic carbocycles. The van der Waals surface area contributed by atoms with E-state index in [4.69, 9.17) is 21.1 Å². The molecule has 0 aromatic heterocycles. The highest BCUT2D eigenvalue weighted by atomic mass is 79.9. The molecule has 1 amide bonds. The fourth-order valence-corrected chi connectivity index (χ4v) is 3.32. The summed E-state index contributed by atoms with van der Waals surface area (Å²) in [4.78, 5) is 11.9. The van der Waals surface area contributed by atoms with Gasteiger partial charge in [-0.1, -0.05) is 35.9 Å². The van der Waals surface area contributed by atoms with Crippen LogP contribution in [-0.4, -0.2) is 25.8 Å². The van der Waals surface area contributed by atoms with E-state index in [1.807, 2.05) is 36.4 Å². The van der Waals surface area contributed by atoms with Crippen LogP contribution >= 0.6 is 27.5 Å². The van der Waals surface area contributed by atoms with Crippen molar-refractivity contribution in [3.8, 4) is 11.5 Å². The Labute approximate surface area is 170 Å². The van der Waals surface area contributed by atoms with Gasteiger partial charge >= 0.3 is 0 Å². The van der Waals surface area contributed by atoms with Crippen LogP contribution in [0.1, 0.15) is 5.56 Å². The smallest absolute Gasteiger partial charge is 0.277 e. The summed E-state index contributed by atoms with van der Waals surface area (Å²) in [5.41, 5.74) is 3.33. The zero-order chi connectivity index (χ0) is 19.2. The van der Waals surface area contributed by atoms with E-state index in [-0.39, 0.29) is 12.5 Å². The fourth-order valence-electron chi connectivity index (χ4n) is 2.53. The number of hydrogen-bond acceptors (Lipinski definition) is 4. The minimum atomic E-state index is -0.370. The highest BCUT2D eigenvalue weighted by Gasteiger charge is 2.07. The molecule has 0 heterocycles. The lowest BCUT2D eigenvalue weighted by Gasteiger charge is -2.08. The van der Waals surface area contributed by atoms with E-state index in [9.17, 15) is 4.79 Å². The average molecular weight is 448 g/mol. The molecule has 1 N–H and O–H groups in total. The Hall–Kier alpha value is -2.57. The highest BCUT2D eigenvalue weighted by Crippen LogP contribution is 2.28. The predicted molar refractivity (Wildman–Crippen MR) is 111 cm³/mol. The Kier molecular flexibility index (Phi) is 6.32. The van der Waals surface area contributed by atoms with Crippen molar-refractivity contribution >= 4 is 50.4 Å². The molecule has 0 aliphatic heterocycles. The summed E-state index contributed by atoms with van der Waals surface area (Å²) in [5.74, 6) is 0.944. The van der Waals surface area contributed by atoms with Gasteiger partial charge < -0.3 is 9.47 Å². The molecule has 5 nitrogen and oxygen atoms in total. The molecule has 0 radical (unpaired) electrons. The van der Waals surface area contributed by atoms with Gasteiger partial charge in [0.2, 0.25) is 0 Å². The Morgan fingerprint density at radius 3 is 2.63 bits per heavy atom. The second-order valence-electron chi connectivity index (χ2n) is 5.56. The maximum Gasteiger partial charge on any atom is 0.277 e. The Balaban J connectivity index is 1.64. The minimum absolute atomic E-state index is 0.166. The van der Waals surface area contributed by atoms with Gasteiger partial charge in [-0.15, -0.1) is 0 Å². The van der Waals surface area contributed by atoms with Crippen LogP contribution in [0.15, 0.2) is 64.2 Å². The number of amides is 1. The minimum Gasteiger partial charge on any atom is -0.496 e. The molecule has 0 atom stereocenters.